The summed E-state index contributed by atoms with van der Waals surface area (Å²) >= 11 is 0. The highest BCUT2D eigenvalue weighted by atomic mass is 17.1. The lowest BCUT2D eigenvalue weighted by Crippen LogP contribution is -2.09. The van der Waals surface area contributed by atoms with Gasteiger partial charge in [-0.1, -0.05) is 82.2 Å². The van der Waals surface area contributed by atoms with Crippen molar-refractivity contribution in [3.63, 3.8) is 0 Å². The van der Waals surface area contributed by atoms with Crippen LogP contribution in [0.2, 0.25) is 0 Å². The van der Waals surface area contributed by atoms with Crippen LogP contribution in [0.1, 0.15) is 64.7 Å². The first-order chi connectivity index (χ1) is 10.7. The van der Waals surface area contributed by atoms with Gasteiger partial charge in [-0.15, -0.1) is 0 Å². The van der Waals surface area contributed by atoms with Gasteiger partial charge in [0.1, 0.15) is 0 Å². The third-order valence-corrected chi connectivity index (χ3v) is 3.39. The minimum absolute atomic E-state index is 0.158. The van der Waals surface area contributed by atoms with Gasteiger partial charge in [0.05, 0.1) is 6.10 Å². The van der Waals surface area contributed by atoms with Crippen molar-refractivity contribution >= 4 is 5.97 Å². The summed E-state index contributed by atoms with van der Waals surface area (Å²) in [5.74, 6) is -0.961. The topological polar surface area (TPSA) is 66.8 Å². The standard InChI is InChI=1S/C18H30O4/c1-2-3-4-5-6-8-11-14-17(22-21)15-12-9-7-10-13-16-18(19)20/h7,9-10,12-13,16-17,21H,2-6,8,11,14-15H2,1H3,(H,19,20). The maximum absolute atomic E-state index is 10.2. The molecular weight excluding hydrogens is 280 g/mol. The van der Waals surface area contributed by atoms with Gasteiger partial charge in [-0.25, -0.2) is 9.68 Å². The van der Waals surface area contributed by atoms with E-state index in [4.69, 9.17) is 10.4 Å². The van der Waals surface area contributed by atoms with Gasteiger partial charge in [0.2, 0.25) is 0 Å². The molecule has 0 aromatic carbocycles. The highest BCUT2D eigenvalue weighted by Crippen LogP contribution is 2.13. The van der Waals surface area contributed by atoms with Gasteiger partial charge < -0.3 is 5.11 Å². The van der Waals surface area contributed by atoms with Gasteiger partial charge >= 0.3 is 5.97 Å². The van der Waals surface area contributed by atoms with Crippen LogP contribution in [0.25, 0.3) is 0 Å². The van der Waals surface area contributed by atoms with Crippen LogP contribution >= 0.6 is 0 Å². The Morgan fingerprint density at radius 1 is 1.00 bits per heavy atom. The Morgan fingerprint density at radius 3 is 2.27 bits per heavy atom. The van der Waals surface area contributed by atoms with E-state index in [1.54, 1.807) is 12.2 Å². The summed E-state index contributed by atoms with van der Waals surface area (Å²) in [7, 11) is 0. The molecule has 1 atom stereocenters. The Morgan fingerprint density at radius 2 is 1.64 bits per heavy atom. The molecule has 0 bridgehead atoms. The molecule has 126 valence electrons. The maximum atomic E-state index is 10.2. The van der Waals surface area contributed by atoms with E-state index in [1.807, 2.05) is 12.2 Å². The average molecular weight is 310 g/mol. The molecule has 0 aliphatic rings. The molecular formula is C18H30O4. The Kier molecular flexibility index (Phi) is 15.0. The van der Waals surface area contributed by atoms with Crippen molar-refractivity contribution in [3.8, 4) is 0 Å². The molecule has 0 spiro atoms. The molecule has 0 heterocycles. The predicted molar refractivity (Wildman–Crippen MR) is 89.8 cm³/mol. The fourth-order valence-electron chi connectivity index (χ4n) is 2.12. The van der Waals surface area contributed by atoms with Crippen molar-refractivity contribution < 1.29 is 20.0 Å². The summed E-state index contributed by atoms with van der Waals surface area (Å²) in [6.45, 7) is 2.22. The molecule has 4 heteroatoms. The molecule has 0 aromatic rings. The summed E-state index contributed by atoms with van der Waals surface area (Å²) in [6, 6.07) is 0. The number of unbranched alkanes of at least 4 members (excludes halogenated alkanes) is 6. The summed E-state index contributed by atoms with van der Waals surface area (Å²) < 4.78 is 0. The molecule has 0 aromatic heterocycles. The summed E-state index contributed by atoms with van der Waals surface area (Å²) in [5, 5.41) is 17.3. The number of carboxylic acids is 1. The Hall–Kier alpha value is -1.39. The summed E-state index contributed by atoms with van der Waals surface area (Å²) in [6.07, 6.45) is 19.8. The number of hydrogen-bond acceptors (Lipinski definition) is 3. The van der Waals surface area contributed by atoms with Crippen LogP contribution in [0, 0.1) is 0 Å². The highest BCUT2D eigenvalue weighted by molar-refractivity contribution is 5.80. The van der Waals surface area contributed by atoms with E-state index in [9.17, 15) is 4.79 Å². The molecule has 0 aliphatic carbocycles. The van der Waals surface area contributed by atoms with Gasteiger partial charge in [0.25, 0.3) is 0 Å². The third-order valence-electron chi connectivity index (χ3n) is 3.39. The van der Waals surface area contributed by atoms with Crippen LogP contribution in [0.15, 0.2) is 36.5 Å². The van der Waals surface area contributed by atoms with Crippen LogP contribution in [0.5, 0.6) is 0 Å². The zero-order valence-corrected chi connectivity index (χ0v) is 13.6. The molecule has 0 saturated heterocycles. The van der Waals surface area contributed by atoms with Crippen LogP contribution in [-0.2, 0) is 9.68 Å². The van der Waals surface area contributed by atoms with Crippen molar-refractivity contribution in [2.75, 3.05) is 0 Å². The van der Waals surface area contributed by atoms with Crippen LogP contribution < -0.4 is 0 Å². The van der Waals surface area contributed by atoms with Crippen molar-refractivity contribution in [2.45, 2.75) is 70.8 Å². The normalized spacial score (nSPS) is 13.5. The molecule has 0 fully saturated rings. The largest absolute Gasteiger partial charge is 0.478 e. The van der Waals surface area contributed by atoms with E-state index in [1.165, 1.54) is 44.6 Å². The predicted octanol–water partition coefficient (Wildman–Crippen LogP) is 5.13. The minimum Gasteiger partial charge on any atom is -0.478 e. The number of hydrogen-bond donors (Lipinski definition) is 2. The van der Waals surface area contributed by atoms with Crippen molar-refractivity contribution in [1.82, 2.24) is 0 Å². The molecule has 0 aliphatic heterocycles. The molecule has 22 heavy (non-hydrogen) atoms. The second-order valence-corrected chi connectivity index (χ2v) is 5.38. The molecule has 0 rings (SSSR count). The maximum Gasteiger partial charge on any atom is 0.328 e. The number of carbonyl (C=O) groups is 1. The fourth-order valence-corrected chi connectivity index (χ4v) is 2.12. The lowest BCUT2D eigenvalue weighted by atomic mass is 10.0. The lowest BCUT2D eigenvalue weighted by Gasteiger charge is -2.10. The number of allylic oxidation sites excluding steroid dienone is 4. The van der Waals surface area contributed by atoms with Gasteiger partial charge in [0, 0.05) is 6.08 Å². The number of rotatable bonds is 14. The molecule has 0 saturated carbocycles. The first-order valence-electron chi connectivity index (χ1n) is 8.23. The van der Waals surface area contributed by atoms with E-state index in [-0.39, 0.29) is 6.10 Å². The Labute approximate surface area is 134 Å². The summed E-state index contributed by atoms with van der Waals surface area (Å²) in [4.78, 5) is 14.7. The van der Waals surface area contributed by atoms with E-state index in [0.717, 1.165) is 18.9 Å². The van der Waals surface area contributed by atoms with Crippen LogP contribution in [-0.4, -0.2) is 22.4 Å². The molecule has 0 amide bonds. The minimum atomic E-state index is -0.961. The first-order valence-corrected chi connectivity index (χ1v) is 8.23. The smallest absolute Gasteiger partial charge is 0.328 e. The van der Waals surface area contributed by atoms with E-state index < -0.39 is 5.97 Å². The molecule has 1 unspecified atom stereocenters. The van der Waals surface area contributed by atoms with Crippen LogP contribution in [0.3, 0.4) is 0 Å². The summed E-state index contributed by atoms with van der Waals surface area (Å²) in [5.41, 5.74) is 0. The zero-order chi connectivity index (χ0) is 16.5. The third kappa shape index (κ3) is 15.0. The lowest BCUT2D eigenvalue weighted by molar-refractivity contribution is -0.279. The van der Waals surface area contributed by atoms with E-state index in [2.05, 4.69) is 11.8 Å². The van der Waals surface area contributed by atoms with Crippen molar-refractivity contribution in [3.05, 3.63) is 36.5 Å². The quantitative estimate of drug-likeness (QED) is 0.153. The van der Waals surface area contributed by atoms with Crippen LogP contribution in [0.4, 0.5) is 0 Å². The monoisotopic (exact) mass is 310 g/mol. The van der Waals surface area contributed by atoms with Crippen molar-refractivity contribution in [2.24, 2.45) is 0 Å². The second-order valence-electron chi connectivity index (χ2n) is 5.38. The van der Waals surface area contributed by atoms with Crippen molar-refractivity contribution in [1.29, 1.82) is 0 Å². The van der Waals surface area contributed by atoms with Gasteiger partial charge in [0.15, 0.2) is 0 Å². The average Bonchev–Trinajstić information content (AvgIpc) is 2.50. The first kappa shape index (κ1) is 20.6. The Balaban J connectivity index is 3.67. The van der Waals surface area contributed by atoms with E-state index in [0.29, 0.717) is 6.42 Å². The van der Waals surface area contributed by atoms with Gasteiger partial charge in [-0.05, 0) is 12.8 Å². The zero-order valence-electron chi connectivity index (χ0n) is 13.6. The van der Waals surface area contributed by atoms with Gasteiger partial charge in [-0.2, -0.15) is 0 Å². The number of carboxylic acid groups (broad SMARTS) is 1. The molecule has 4 nitrogen and oxygen atoms in total. The molecule has 2 N–H and O–H groups in total. The Bertz CT molecular complexity index is 345. The second kappa shape index (κ2) is 16.0. The number of aliphatic carboxylic acids is 1. The van der Waals surface area contributed by atoms with E-state index >= 15 is 0 Å². The fraction of sp³-hybridized carbons (Fsp3) is 0.611. The van der Waals surface area contributed by atoms with Gasteiger partial charge in [-0.3, -0.25) is 5.26 Å². The molecule has 0 radical (unpaired) electrons. The highest BCUT2D eigenvalue weighted by Gasteiger charge is 2.06. The SMILES string of the molecule is CCCCCCCCCC(CC=CC=CC=CC(=O)O)OO.